The molecular formula is C11H13NO3. The molecule has 0 aromatic heterocycles. The van der Waals surface area contributed by atoms with E-state index in [0.29, 0.717) is 11.1 Å². The molecule has 0 fully saturated rings. The molecule has 0 aliphatic rings. The third-order valence-corrected chi connectivity index (χ3v) is 1.49. The molecule has 0 aliphatic carbocycles. The van der Waals surface area contributed by atoms with Gasteiger partial charge in [-0.3, -0.25) is 10.1 Å². The van der Waals surface area contributed by atoms with Gasteiger partial charge < -0.3 is 5.11 Å². The minimum atomic E-state index is -0.494. The molecule has 0 unspecified atom stereocenters. The normalized spacial score (nSPS) is 11.7. The molecule has 4 nitrogen and oxygen atoms in total. The van der Waals surface area contributed by atoms with Crippen LogP contribution in [0.4, 0.5) is 0 Å². The van der Waals surface area contributed by atoms with Crippen molar-refractivity contribution in [1.29, 1.82) is 0 Å². The highest BCUT2D eigenvalue weighted by molar-refractivity contribution is 5.33. The number of aliphatic hydroxyl groups is 1. The zero-order chi connectivity index (χ0) is 11.8. The fourth-order valence-electron chi connectivity index (χ4n) is 0.784. The lowest BCUT2D eigenvalue weighted by Gasteiger charge is -1.93. The third-order valence-electron chi connectivity index (χ3n) is 1.49. The predicted molar refractivity (Wildman–Crippen MR) is 58.5 cm³/mol. The first-order valence-electron chi connectivity index (χ1n) is 4.27. The highest BCUT2D eigenvalue weighted by Gasteiger charge is 2.08. The summed E-state index contributed by atoms with van der Waals surface area (Å²) in [5.74, 6) is 5.08. The minimum absolute atomic E-state index is 0.0415. The Morgan fingerprint density at radius 2 is 2.13 bits per heavy atom. The maximum absolute atomic E-state index is 10.5. The van der Waals surface area contributed by atoms with E-state index in [0.717, 1.165) is 0 Å². The van der Waals surface area contributed by atoms with Gasteiger partial charge in [-0.15, -0.1) is 0 Å². The van der Waals surface area contributed by atoms with Crippen LogP contribution in [0.5, 0.6) is 0 Å². The fraction of sp³-hybridized carbons (Fsp3) is 0.273. The molecule has 80 valence electrons. The van der Waals surface area contributed by atoms with E-state index < -0.39 is 4.92 Å². The smallest absolute Gasteiger partial charge is 0.271 e. The first kappa shape index (κ1) is 13.1. The Morgan fingerprint density at radius 3 is 2.53 bits per heavy atom. The second kappa shape index (κ2) is 6.57. The number of hydrogen-bond donors (Lipinski definition) is 1. The van der Waals surface area contributed by atoms with Crippen molar-refractivity contribution < 1.29 is 10.0 Å². The van der Waals surface area contributed by atoms with Gasteiger partial charge in [-0.25, -0.2) is 0 Å². The van der Waals surface area contributed by atoms with E-state index in [4.69, 9.17) is 5.11 Å². The maximum Gasteiger partial charge on any atom is 0.271 e. The number of nitro groups is 1. The summed E-state index contributed by atoms with van der Waals surface area (Å²) in [5, 5.41) is 19.0. The zero-order valence-corrected chi connectivity index (χ0v) is 8.78. The van der Waals surface area contributed by atoms with Gasteiger partial charge in [0, 0.05) is 11.6 Å². The average molecular weight is 207 g/mol. The summed E-state index contributed by atoms with van der Waals surface area (Å²) in [7, 11) is 0. The molecule has 0 amide bonds. The molecular weight excluding hydrogens is 194 g/mol. The van der Waals surface area contributed by atoms with Gasteiger partial charge in [0.2, 0.25) is 0 Å². The van der Waals surface area contributed by atoms with Gasteiger partial charge in [-0.05, 0) is 25.5 Å². The van der Waals surface area contributed by atoms with Gasteiger partial charge in [-0.1, -0.05) is 18.4 Å². The van der Waals surface area contributed by atoms with Crippen molar-refractivity contribution in [3.05, 3.63) is 45.7 Å². The van der Waals surface area contributed by atoms with Crippen LogP contribution in [0.1, 0.15) is 13.8 Å². The molecule has 0 spiro atoms. The summed E-state index contributed by atoms with van der Waals surface area (Å²) in [5.41, 5.74) is 0.990. The third kappa shape index (κ3) is 5.45. The lowest BCUT2D eigenvalue weighted by molar-refractivity contribution is -0.420. The second-order valence-electron chi connectivity index (χ2n) is 2.90. The Morgan fingerprint density at radius 1 is 1.53 bits per heavy atom. The van der Waals surface area contributed by atoms with E-state index in [1.165, 1.54) is 12.2 Å². The molecule has 0 atom stereocenters. The summed E-state index contributed by atoms with van der Waals surface area (Å²) in [6.07, 6.45) is 2.87. The van der Waals surface area contributed by atoms with E-state index in [1.54, 1.807) is 13.8 Å². The van der Waals surface area contributed by atoms with E-state index in [2.05, 4.69) is 18.4 Å². The van der Waals surface area contributed by atoms with Crippen molar-refractivity contribution in [1.82, 2.24) is 0 Å². The van der Waals surface area contributed by atoms with E-state index >= 15 is 0 Å². The van der Waals surface area contributed by atoms with E-state index in [1.807, 2.05) is 0 Å². The van der Waals surface area contributed by atoms with Crippen molar-refractivity contribution in [2.24, 2.45) is 0 Å². The van der Waals surface area contributed by atoms with Crippen LogP contribution >= 0.6 is 0 Å². The van der Waals surface area contributed by atoms with Crippen LogP contribution in [-0.4, -0.2) is 16.6 Å². The molecule has 0 aromatic carbocycles. The van der Waals surface area contributed by atoms with Gasteiger partial charge in [0.15, 0.2) is 0 Å². The first-order valence-corrected chi connectivity index (χ1v) is 4.27. The number of nitrogens with zero attached hydrogens (tertiary/aromatic N) is 1. The Bertz CT molecular complexity index is 364. The van der Waals surface area contributed by atoms with Gasteiger partial charge in [0.05, 0.1) is 4.92 Å². The monoisotopic (exact) mass is 207 g/mol. The van der Waals surface area contributed by atoms with E-state index in [-0.39, 0.29) is 12.3 Å². The molecule has 0 aliphatic heterocycles. The Hall–Kier alpha value is -1.86. The highest BCUT2D eigenvalue weighted by Crippen LogP contribution is 2.07. The highest BCUT2D eigenvalue weighted by atomic mass is 16.6. The van der Waals surface area contributed by atoms with Crippen LogP contribution in [0.3, 0.4) is 0 Å². The van der Waals surface area contributed by atoms with Crippen LogP contribution in [0.25, 0.3) is 0 Å². The molecule has 4 heteroatoms. The Kier molecular flexibility index (Phi) is 5.76. The van der Waals surface area contributed by atoms with Gasteiger partial charge in [-0.2, -0.15) is 0 Å². The Labute approximate surface area is 88.8 Å². The minimum Gasteiger partial charge on any atom is -0.384 e. The quantitative estimate of drug-likeness (QED) is 0.331. The molecule has 0 bridgehead atoms. The fourth-order valence-corrected chi connectivity index (χ4v) is 0.784. The van der Waals surface area contributed by atoms with Crippen LogP contribution in [0.2, 0.25) is 0 Å². The largest absolute Gasteiger partial charge is 0.384 e. The molecule has 0 saturated carbocycles. The standard InChI is InChI=1S/C11H13NO3/c1-9(2)11(12(14)15)7-6-10(3)5-4-8-13/h6-7,13H,1,8H2,2-3H3/b10-6+,11-7+. The van der Waals surface area contributed by atoms with Crippen LogP contribution < -0.4 is 0 Å². The summed E-state index contributed by atoms with van der Waals surface area (Å²) in [4.78, 5) is 10.0. The maximum atomic E-state index is 10.5. The molecule has 0 saturated heterocycles. The molecule has 0 radical (unpaired) electrons. The molecule has 15 heavy (non-hydrogen) atoms. The van der Waals surface area contributed by atoms with E-state index in [9.17, 15) is 10.1 Å². The summed E-state index contributed by atoms with van der Waals surface area (Å²) in [6.45, 7) is 6.55. The first-order chi connectivity index (χ1) is 6.99. The summed E-state index contributed by atoms with van der Waals surface area (Å²) in [6, 6.07) is 0. The zero-order valence-electron chi connectivity index (χ0n) is 8.78. The average Bonchev–Trinajstić information content (AvgIpc) is 2.13. The van der Waals surface area contributed by atoms with Crippen molar-refractivity contribution in [3.63, 3.8) is 0 Å². The van der Waals surface area contributed by atoms with Crippen LogP contribution in [-0.2, 0) is 0 Å². The summed E-state index contributed by atoms with van der Waals surface area (Å²) < 4.78 is 0. The number of aliphatic hydroxyl groups excluding tert-OH is 1. The van der Waals surface area contributed by atoms with Crippen LogP contribution in [0, 0.1) is 22.0 Å². The second-order valence-corrected chi connectivity index (χ2v) is 2.90. The predicted octanol–water partition coefficient (Wildman–Crippen LogP) is 1.67. The SMILES string of the molecule is C=C(C)/C(=C\C=C(/C)C#CCO)[N+](=O)[O-]. The summed E-state index contributed by atoms with van der Waals surface area (Å²) >= 11 is 0. The lowest BCUT2D eigenvalue weighted by atomic mass is 10.2. The number of hydrogen-bond acceptors (Lipinski definition) is 3. The number of allylic oxidation sites excluding steroid dienone is 4. The van der Waals surface area contributed by atoms with Crippen molar-refractivity contribution in [2.45, 2.75) is 13.8 Å². The molecule has 0 rings (SSSR count). The molecule has 0 heterocycles. The van der Waals surface area contributed by atoms with Gasteiger partial charge in [0.1, 0.15) is 6.61 Å². The number of rotatable bonds is 3. The lowest BCUT2D eigenvalue weighted by Crippen LogP contribution is -1.98. The van der Waals surface area contributed by atoms with Gasteiger partial charge >= 0.3 is 0 Å². The van der Waals surface area contributed by atoms with Crippen LogP contribution in [0.15, 0.2) is 35.6 Å². The van der Waals surface area contributed by atoms with Crippen molar-refractivity contribution in [3.8, 4) is 11.8 Å². The van der Waals surface area contributed by atoms with Gasteiger partial charge in [0.25, 0.3) is 5.70 Å². The molecule has 0 aromatic rings. The molecule has 1 N–H and O–H groups in total. The topological polar surface area (TPSA) is 63.4 Å². The van der Waals surface area contributed by atoms with Crippen molar-refractivity contribution in [2.75, 3.05) is 6.61 Å². The Balaban J connectivity index is 4.87. The van der Waals surface area contributed by atoms with Crippen molar-refractivity contribution >= 4 is 0 Å².